The zero-order chi connectivity index (χ0) is 14.0. The molecule has 106 valence electrons. The van der Waals surface area contributed by atoms with Crippen LogP contribution in [0, 0.1) is 5.41 Å². The topological polar surface area (TPSA) is 43.4 Å². The first-order valence-electron chi connectivity index (χ1n) is 7.04. The zero-order valence-corrected chi connectivity index (χ0v) is 12.4. The molecule has 0 saturated heterocycles. The van der Waals surface area contributed by atoms with Crippen molar-refractivity contribution in [1.82, 2.24) is 0 Å². The molecule has 0 amide bonds. The van der Waals surface area contributed by atoms with Gasteiger partial charge in [0.1, 0.15) is 5.78 Å². The second-order valence-corrected chi connectivity index (χ2v) is 5.61. The highest BCUT2D eigenvalue weighted by atomic mass is 16.5. The largest absolute Gasteiger partial charge is 0.469 e. The van der Waals surface area contributed by atoms with Crippen LogP contribution in [-0.2, 0) is 14.3 Å². The standard InChI is InChI=1S/C15H28O3/c1-5-6-7-8-9-10-11-13(16)12-15(2,3)14(17)18-4/h5-12H2,1-4H3. The summed E-state index contributed by atoms with van der Waals surface area (Å²) in [6.07, 6.45) is 7.93. The Kier molecular flexibility index (Phi) is 8.69. The van der Waals surface area contributed by atoms with E-state index in [9.17, 15) is 9.59 Å². The molecule has 0 aromatic heterocycles. The summed E-state index contributed by atoms with van der Waals surface area (Å²) < 4.78 is 4.69. The van der Waals surface area contributed by atoms with E-state index in [1.54, 1.807) is 13.8 Å². The van der Waals surface area contributed by atoms with Gasteiger partial charge in [0.2, 0.25) is 0 Å². The maximum atomic E-state index is 11.8. The molecule has 0 spiro atoms. The van der Waals surface area contributed by atoms with Crippen LogP contribution >= 0.6 is 0 Å². The van der Waals surface area contributed by atoms with Crippen molar-refractivity contribution in [3.63, 3.8) is 0 Å². The molecule has 0 unspecified atom stereocenters. The average Bonchev–Trinajstić information content (AvgIpc) is 2.31. The number of ether oxygens (including phenoxy) is 1. The summed E-state index contributed by atoms with van der Waals surface area (Å²) in [7, 11) is 1.36. The Bertz CT molecular complexity index is 256. The van der Waals surface area contributed by atoms with Crippen LogP contribution in [0.3, 0.4) is 0 Å². The molecule has 0 heterocycles. The number of hydrogen-bond donors (Lipinski definition) is 0. The molecule has 0 aliphatic rings. The van der Waals surface area contributed by atoms with Crippen LogP contribution in [0.25, 0.3) is 0 Å². The SMILES string of the molecule is CCCCCCCCC(=O)CC(C)(C)C(=O)OC. The molecule has 3 nitrogen and oxygen atoms in total. The fraction of sp³-hybridized carbons (Fsp3) is 0.867. The van der Waals surface area contributed by atoms with E-state index in [2.05, 4.69) is 6.92 Å². The molecule has 0 aliphatic heterocycles. The van der Waals surface area contributed by atoms with E-state index in [1.165, 1.54) is 32.8 Å². The number of unbranched alkanes of at least 4 members (excludes halogenated alkanes) is 5. The predicted molar refractivity (Wildman–Crippen MR) is 73.4 cm³/mol. The number of carbonyl (C=O) groups excluding carboxylic acids is 2. The molecule has 0 aromatic carbocycles. The number of hydrogen-bond acceptors (Lipinski definition) is 3. The summed E-state index contributed by atoms with van der Waals surface area (Å²) in [6, 6.07) is 0. The van der Waals surface area contributed by atoms with Crippen LogP contribution in [0.4, 0.5) is 0 Å². The van der Waals surface area contributed by atoms with Gasteiger partial charge in [0.25, 0.3) is 0 Å². The lowest BCUT2D eigenvalue weighted by Gasteiger charge is -2.20. The molecule has 3 heteroatoms. The van der Waals surface area contributed by atoms with E-state index in [4.69, 9.17) is 4.74 Å². The van der Waals surface area contributed by atoms with Crippen molar-refractivity contribution in [3.05, 3.63) is 0 Å². The van der Waals surface area contributed by atoms with Gasteiger partial charge in [-0.25, -0.2) is 0 Å². The quantitative estimate of drug-likeness (QED) is 0.440. The van der Waals surface area contributed by atoms with Crippen LogP contribution in [0.15, 0.2) is 0 Å². The summed E-state index contributed by atoms with van der Waals surface area (Å²) in [6.45, 7) is 5.72. The van der Waals surface area contributed by atoms with E-state index < -0.39 is 5.41 Å². The van der Waals surface area contributed by atoms with Gasteiger partial charge in [0.15, 0.2) is 0 Å². The van der Waals surface area contributed by atoms with Crippen LogP contribution in [-0.4, -0.2) is 18.9 Å². The Balaban J connectivity index is 3.74. The highest BCUT2D eigenvalue weighted by Gasteiger charge is 2.30. The minimum Gasteiger partial charge on any atom is -0.469 e. The molecule has 18 heavy (non-hydrogen) atoms. The average molecular weight is 256 g/mol. The Morgan fingerprint density at radius 1 is 1.00 bits per heavy atom. The third-order valence-corrected chi connectivity index (χ3v) is 3.19. The molecule has 0 N–H and O–H groups in total. The van der Waals surface area contributed by atoms with Gasteiger partial charge in [-0.3, -0.25) is 9.59 Å². The molecular weight excluding hydrogens is 228 g/mol. The molecule has 0 aromatic rings. The molecule has 0 atom stereocenters. The second-order valence-electron chi connectivity index (χ2n) is 5.61. The monoisotopic (exact) mass is 256 g/mol. The molecule has 0 saturated carbocycles. The van der Waals surface area contributed by atoms with E-state index in [-0.39, 0.29) is 18.2 Å². The van der Waals surface area contributed by atoms with E-state index in [0.29, 0.717) is 6.42 Å². The fourth-order valence-electron chi connectivity index (χ4n) is 2.03. The number of methoxy groups -OCH3 is 1. The van der Waals surface area contributed by atoms with Crippen molar-refractivity contribution in [3.8, 4) is 0 Å². The van der Waals surface area contributed by atoms with Crippen molar-refractivity contribution in [2.45, 2.75) is 72.1 Å². The van der Waals surface area contributed by atoms with Gasteiger partial charge in [-0.2, -0.15) is 0 Å². The van der Waals surface area contributed by atoms with Crippen molar-refractivity contribution < 1.29 is 14.3 Å². The summed E-state index contributed by atoms with van der Waals surface area (Å²) in [5.74, 6) is -0.139. The highest BCUT2D eigenvalue weighted by molar-refractivity contribution is 5.86. The Labute approximate surface area is 111 Å². The number of esters is 1. The fourth-order valence-corrected chi connectivity index (χ4v) is 2.03. The van der Waals surface area contributed by atoms with Crippen LogP contribution in [0.5, 0.6) is 0 Å². The van der Waals surface area contributed by atoms with Crippen molar-refractivity contribution in [2.24, 2.45) is 5.41 Å². The number of rotatable bonds is 10. The second kappa shape index (κ2) is 9.12. The lowest BCUT2D eigenvalue weighted by Crippen LogP contribution is -2.28. The first-order chi connectivity index (χ1) is 8.44. The summed E-state index contributed by atoms with van der Waals surface area (Å²) in [4.78, 5) is 23.2. The van der Waals surface area contributed by atoms with Gasteiger partial charge in [0.05, 0.1) is 12.5 Å². The molecule has 0 fully saturated rings. The maximum absolute atomic E-state index is 11.8. The van der Waals surface area contributed by atoms with Gasteiger partial charge in [-0.15, -0.1) is 0 Å². The van der Waals surface area contributed by atoms with Crippen LogP contribution in [0.2, 0.25) is 0 Å². The molecule has 0 bridgehead atoms. The maximum Gasteiger partial charge on any atom is 0.311 e. The number of carbonyl (C=O) groups is 2. The Morgan fingerprint density at radius 3 is 2.11 bits per heavy atom. The van der Waals surface area contributed by atoms with E-state index in [0.717, 1.165) is 12.8 Å². The Morgan fingerprint density at radius 2 is 1.56 bits per heavy atom. The Hall–Kier alpha value is -0.860. The van der Waals surface area contributed by atoms with Crippen molar-refractivity contribution in [1.29, 1.82) is 0 Å². The van der Waals surface area contributed by atoms with E-state index in [1.807, 2.05) is 0 Å². The molecular formula is C15H28O3. The summed E-state index contributed by atoms with van der Waals surface area (Å²) in [5.41, 5.74) is -0.686. The third kappa shape index (κ3) is 7.46. The first kappa shape index (κ1) is 17.1. The molecule has 0 aliphatic carbocycles. The highest BCUT2D eigenvalue weighted by Crippen LogP contribution is 2.23. The van der Waals surface area contributed by atoms with Gasteiger partial charge >= 0.3 is 5.97 Å². The van der Waals surface area contributed by atoms with Crippen LogP contribution in [0.1, 0.15) is 72.1 Å². The summed E-state index contributed by atoms with van der Waals surface area (Å²) in [5, 5.41) is 0. The lowest BCUT2D eigenvalue weighted by atomic mass is 9.86. The number of ketones is 1. The predicted octanol–water partition coefficient (Wildman–Crippen LogP) is 3.90. The minimum absolute atomic E-state index is 0.167. The third-order valence-electron chi connectivity index (χ3n) is 3.19. The smallest absolute Gasteiger partial charge is 0.311 e. The molecule has 0 radical (unpaired) electrons. The van der Waals surface area contributed by atoms with Gasteiger partial charge in [-0.1, -0.05) is 39.0 Å². The number of Topliss-reactive ketones (excluding diaryl/α,β-unsaturated/α-hetero) is 1. The summed E-state index contributed by atoms with van der Waals surface area (Å²) >= 11 is 0. The van der Waals surface area contributed by atoms with Gasteiger partial charge < -0.3 is 4.74 Å². The zero-order valence-electron chi connectivity index (χ0n) is 12.4. The van der Waals surface area contributed by atoms with Gasteiger partial charge in [-0.05, 0) is 20.3 Å². The molecule has 0 rings (SSSR count). The van der Waals surface area contributed by atoms with Crippen molar-refractivity contribution >= 4 is 11.8 Å². The van der Waals surface area contributed by atoms with Crippen LogP contribution < -0.4 is 0 Å². The normalized spacial score (nSPS) is 11.3. The first-order valence-corrected chi connectivity index (χ1v) is 7.04. The van der Waals surface area contributed by atoms with Gasteiger partial charge in [0, 0.05) is 12.8 Å². The minimum atomic E-state index is -0.686. The van der Waals surface area contributed by atoms with E-state index >= 15 is 0 Å². The lowest BCUT2D eigenvalue weighted by molar-refractivity contribution is -0.152. The van der Waals surface area contributed by atoms with Crippen molar-refractivity contribution in [2.75, 3.05) is 7.11 Å².